The minimum atomic E-state index is -0.919. The fourth-order valence-corrected chi connectivity index (χ4v) is 3.62. The number of nitrogens with one attached hydrogen (secondary N) is 1. The van der Waals surface area contributed by atoms with E-state index >= 15 is 0 Å². The average molecular weight is 313 g/mol. The van der Waals surface area contributed by atoms with Crippen LogP contribution >= 0.6 is 0 Å². The summed E-state index contributed by atoms with van der Waals surface area (Å²) in [5, 5.41) is 2.18. The van der Waals surface area contributed by atoms with Crippen molar-refractivity contribution in [2.45, 2.75) is 37.8 Å². The van der Waals surface area contributed by atoms with Crippen LogP contribution in [0.2, 0.25) is 0 Å². The third-order valence-electron chi connectivity index (χ3n) is 4.72. The van der Waals surface area contributed by atoms with Gasteiger partial charge < -0.3 is 5.73 Å². The van der Waals surface area contributed by atoms with Crippen molar-refractivity contribution in [1.82, 2.24) is 10.2 Å². The van der Waals surface area contributed by atoms with Crippen LogP contribution in [0, 0.1) is 0 Å². The molecule has 0 saturated carbocycles. The minimum absolute atomic E-state index is 0.0176. The third-order valence-corrected chi connectivity index (χ3v) is 4.72. The maximum absolute atomic E-state index is 12.6. The highest BCUT2D eigenvalue weighted by molar-refractivity contribution is 6.23. The van der Waals surface area contributed by atoms with Crippen LogP contribution < -0.4 is 11.1 Å². The number of rotatable bonds is 1. The molecule has 0 bridgehead atoms. The SMILES string of the molecule is NC1Cc2cc3c(cc2C1)C(=O)N([C@@H]1CCC(=O)NC1=O)C3=O. The molecule has 0 aromatic heterocycles. The number of hydrogen-bond acceptors (Lipinski definition) is 5. The molecule has 1 saturated heterocycles. The smallest absolute Gasteiger partial charge is 0.262 e. The van der Waals surface area contributed by atoms with Crippen molar-refractivity contribution in [3.63, 3.8) is 0 Å². The van der Waals surface area contributed by atoms with Crippen LogP contribution in [0.3, 0.4) is 0 Å². The van der Waals surface area contributed by atoms with E-state index in [1.807, 2.05) is 0 Å². The van der Waals surface area contributed by atoms with E-state index in [2.05, 4.69) is 5.32 Å². The van der Waals surface area contributed by atoms with Gasteiger partial charge in [0.15, 0.2) is 0 Å². The predicted molar refractivity (Wildman–Crippen MR) is 78.5 cm³/mol. The topological polar surface area (TPSA) is 110 Å². The number of fused-ring (bicyclic) bond motifs is 2. The molecule has 0 unspecified atom stereocenters. The van der Waals surface area contributed by atoms with E-state index in [1.54, 1.807) is 12.1 Å². The first kappa shape index (κ1) is 14.1. The highest BCUT2D eigenvalue weighted by Crippen LogP contribution is 2.32. The summed E-state index contributed by atoms with van der Waals surface area (Å²) in [6.45, 7) is 0. The van der Waals surface area contributed by atoms with Gasteiger partial charge in [0, 0.05) is 12.5 Å². The van der Waals surface area contributed by atoms with Crippen LogP contribution in [-0.4, -0.2) is 40.6 Å². The van der Waals surface area contributed by atoms with E-state index in [9.17, 15) is 19.2 Å². The Balaban J connectivity index is 1.71. The predicted octanol–water partition coefficient (Wildman–Crippen LogP) is -0.486. The summed E-state index contributed by atoms with van der Waals surface area (Å²) in [4.78, 5) is 49.5. The molecule has 1 fully saturated rings. The Labute approximate surface area is 131 Å². The van der Waals surface area contributed by atoms with Crippen LogP contribution in [0.5, 0.6) is 0 Å². The first-order chi connectivity index (χ1) is 11.0. The zero-order valence-corrected chi connectivity index (χ0v) is 12.3. The summed E-state index contributed by atoms with van der Waals surface area (Å²) in [5.41, 5.74) is 8.55. The van der Waals surface area contributed by atoms with Gasteiger partial charge >= 0.3 is 0 Å². The van der Waals surface area contributed by atoms with Crippen molar-refractivity contribution in [1.29, 1.82) is 0 Å². The first-order valence-corrected chi connectivity index (χ1v) is 7.58. The molecular weight excluding hydrogens is 298 g/mol. The van der Waals surface area contributed by atoms with Gasteiger partial charge in [0.25, 0.3) is 11.8 Å². The van der Waals surface area contributed by atoms with Crippen molar-refractivity contribution in [3.8, 4) is 0 Å². The number of carbonyl (C=O) groups excluding carboxylic acids is 4. The Morgan fingerprint density at radius 3 is 2.09 bits per heavy atom. The van der Waals surface area contributed by atoms with Gasteiger partial charge in [0.05, 0.1) is 11.1 Å². The number of amides is 4. The monoisotopic (exact) mass is 313 g/mol. The maximum Gasteiger partial charge on any atom is 0.262 e. The molecule has 7 heteroatoms. The van der Waals surface area contributed by atoms with Gasteiger partial charge in [-0.3, -0.25) is 29.4 Å². The van der Waals surface area contributed by atoms with Gasteiger partial charge in [-0.1, -0.05) is 0 Å². The van der Waals surface area contributed by atoms with Crippen molar-refractivity contribution in [2.75, 3.05) is 0 Å². The quantitative estimate of drug-likeness (QED) is 0.680. The van der Waals surface area contributed by atoms with Crippen molar-refractivity contribution >= 4 is 23.6 Å². The number of nitrogens with two attached hydrogens (primary N) is 1. The molecule has 23 heavy (non-hydrogen) atoms. The zero-order valence-electron chi connectivity index (χ0n) is 12.3. The highest BCUT2D eigenvalue weighted by atomic mass is 16.2. The second-order valence-corrected chi connectivity index (χ2v) is 6.28. The summed E-state index contributed by atoms with van der Waals surface area (Å²) >= 11 is 0. The van der Waals surface area contributed by atoms with Gasteiger partial charge in [-0.25, -0.2) is 0 Å². The van der Waals surface area contributed by atoms with Crippen LogP contribution in [0.25, 0.3) is 0 Å². The van der Waals surface area contributed by atoms with Crippen LogP contribution in [0.4, 0.5) is 0 Å². The molecule has 1 aliphatic carbocycles. The normalized spacial score (nSPS) is 24.0. The fourth-order valence-electron chi connectivity index (χ4n) is 3.62. The largest absolute Gasteiger partial charge is 0.327 e. The Hall–Kier alpha value is -2.54. The number of hydrogen-bond donors (Lipinski definition) is 2. The summed E-state index contributed by atoms with van der Waals surface area (Å²) in [6.07, 6.45) is 1.65. The summed E-state index contributed by atoms with van der Waals surface area (Å²) < 4.78 is 0. The summed E-state index contributed by atoms with van der Waals surface area (Å²) in [6, 6.07) is 2.55. The zero-order chi connectivity index (χ0) is 16.3. The molecule has 3 N–H and O–H groups in total. The van der Waals surface area contributed by atoms with Crippen molar-refractivity contribution < 1.29 is 19.2 Å². The molecule has 3 aliphatic rings. The second kappa shape index (κ2) is 4.73. The van der Waals surface area contributed by atoms with E-state index in [0.717, 1.165) is 16.0 Å². The molecule has 0 spiro atoms. The van der Waals surface area contributed by atoms with Crippen LogP contribution in [-0.2, 0) is 22.4 Å². The lowest BCUT2D eigenvalue weighted by atomic mass is 10.0. The van der Waals surface area contributed by atoms with Gasteiger partial charge in [-0.15, -0.1) is 0 Å². The van der Waals surface area contributed by atoms with Crippen LogP contribution in [0.1, 0.15) is 44.7 Å². The first-order valence-electron chi connectivity index (χ1n) is 7.58. The fraction of sp³-hybridized carbons (Fsp3) is 0.375. The van der Waals surface area contributed by atoms with E-state index in [1.165, 1.54) is 0 Å². The third kappa shape index (κ3) is 2.00. The Morgan fingerprint density at radius 2 is 1.57 bits per heavy atom. The summed E-state index contributed by atoms with van der Waals surface area (Å²) in [5.74, 6) is -1.91. The number of nitrogens with zero attached hydrogens (tertiary/aromatic N) is 1. The van der Waals surface area contributed by atoms with Gasteiger partial charge in [0.1, 0.15) is 6.04 Å². The van der Waals surface area contributed by atoms with Gasteiger partial charge in [0.2, 0.25) is 11.8 Å². The molecule has 1 aromatic rings. The molecule has 0 radical (unpaired) electrons. The number of piperidine rings is 1. The van der Waals surface area contributed by atoms with E-state index in [0.29, 0.717) is 24.0 Å². The molecular formula is C16H15N3O4. The standard InChI is InChI=1S/C16H15N3O4/c17-9-3-7-5-10-11(6-8(7)4-9)16(23)19(15(10)22)12-1-2-13(20)18-14(12)21/h5-6,9,12H,1-4,17H2,(H,18,20,21)/t12-/m1/s1. The maximum atomic E-state index is 12.6. The molecule has 1 atom stereocenters. The molecule has 4 rings (SSSR count). The van der Waals surface area contributed by atoms with Crippen LogP contribution in [0.15, 0.2) is 12.1 Å². The summed E-state index contributed by atoms with van der Waals surface area (Å²) in [7, 11) is 0. The van der Waals surface area contributed by atoms with Crippen molar-refractivity contribution in [2.24, 2.45) is 5.73 Å². The molecule has 118 valence electrons. The Morgan fingerprint density at radius 1 is 1.00 bits per heavy atom. The van der Waals surface area contributed by atoms with E-state index in [-0.39, 0.29) is 24.8 Å². The molecule has 7 nitrogen and oxygen atoms in total. The Bertz CT molecular complexity index is 741. The number of benzene rings is 1. The van der Waals surface area contributed by atoms with Gasteiger partial charge in [-0.05, 0) is 42.5 Å². The molecule has 2 heterocycles. The Kier molecular flexibility index (Phi) is 2.89. The second-order valence-electron chi connectivity index (χ2n) is 6.28. The highest BCUT2D eigenvalue weighted by Gasteiger charge is 2.45. The van der Waals surface area contributed by atoms with Gasteiger partial charge in [-0.2, -0.15) is 0 Å². The van der Waals surface area contributed by atoms with Crippen molar-refractivity contribution in [3.05, 3.63) is 34.4 Å². The molecule has 1 aromatic carbocycles. The number of imide groups is 2. The van der Waals surface area contributed by atoms with E-state index in [4.69, 9.17) is 5.73 Å². The lowest BCUT2D eigenvalue weighted by Gasteiger charge is -2.27. The molecule has 4 amide bonds. The minimum Gasteiger partial charge on any atom is -0.327 e. The van der Waals surface area contributed by atoms with E-state index < -0.39 is 23.8 Å². The lowest BCUT2D eigenvalue weighted by Crippen LogP contribution is -2.54. The number of carbonyl (C=O) groups is 4. The average Bonchev–Trinajstić information content (AvgIpc) is 2.96. The molecule has 2 aliphatic heterocycles. The lowest BCUT2D eigenvalue weighted by molar-refractivity contribution is -0.136.